The Balaban J connectivity index is 3.03. The van der Waals surface area contributed by atoms with Gasteiger partial charge in [0.15, 0.2) is 11.5 Å². The maximum absolute atomic E-state index is 12.1. The Morgan fingerprint density at radius 1 is 1.14 bits per heavy atom. The van der Waals surface area contributed by atoms with Gasteiger partial charge in [0, 0.05) is 0 Å². The van der Waals surface area contributed by atoms with Crippen LogP contribution in [0.1, 0.15) is 11.6 Å². The molecule has 3 nitrogen and oxygen atoms in total. The van der Waals surface area contributed by atoms with Crippen LogP contribution in [-0.4, -0.2) is 16.4 Å². The molecule has 0 aromatic heterocycles. The molecule has 0 spiro atoms. The molecule has 0 amide bonds. The SMILES string of the molecule is N[C@@H](c1ccc(O)c(O)c1)C(F)(F)F. The first kappa shape index (κ1) is 10.6. The Morgan fingerprint density at radius 3 is 2.14 bits per heavy atom. The zero-order valence-corrected chi connectivity index (χ0v) is 6.92. The van der Waals surface area contributed by atoms with Crippen molar-refractivity contribution in [1.29, 1.82) is 0 Å². The monoisotopic (exact) mass is 207 g/mol. The van der Waals surface area contributed by atoms with E-state index < -0.39 is 23.7 Å². The summed E-state index contributed by atoms with van der Waals surface area (Å²) < 4.78 is 36.3. The fourth-order valence-electron chi connectivity index (χ4n) is 0.923. The number of halogens is 3. The van der Waals surface area contributed by atoms with E-state index in [2.05, 4.69) is 0 Å². The smallest absolute Gasteiger partial charge is 0.407 e. The summed E-state index contributed by atoms with van der Waals surface area (Å²) in [6.07, 6.45) is -4.57. The number of phenols is 2. The van der Waals surface area contributed by atoms with Gasteiger partial charge in [0.2, 0.25) is 0 Å². The van der Waals surface area contributed by atoms with Crippen molar-refractivity contribution in [3.05, 3.63) is 23.8 Å². The summed E-state index contributed by atoms with van der Waals surface area (Å²) in [4.78, 5) is 0. The van der Waals surface area contributed by atoms with E-state index in [1.807, 2.05) is 0 Å². The van der Waals surface area contributed by atoms with Gasteiger partial charge in [0.1, 0.15) is 6.04 Å². The lowest BCUT2D eigenvalue weighted by atomic mass is 10.1. The van der Waals surface area contributed by atoms with Crippen LogP contribution in [-0.2, 0) is 0 Å². The van der Waals surface area contributed by atoms with Crippen molar-refractivity contribution in [2.45, 2.75) is 12.2 Å². The predicted octanol–water partition coefficient (Wildman–Crippen LogP) is 1.66. The second-order valence-electron chi connectivity index (χ2n) is 2.77. The summed E-state index contributed by atoms with van der Waals surface area (Å²) in [5.74, 6) is -1.11. The highest BCUT2D eigenvalue weighted by Gasteiger charge is 2.38. The lowest BCUT2D eigenvalue weighted by Crippen LogP contribution is -2.28. The molecule has 0 saturated carbocycles. The molecule has 0 saturated heterocycles. The van der Waals surface area contributed by atoms with E-state index in [4.69, 9.17) is 15.9 Å². The first-order valence-electron chi connectivity index (χ1n) is 3.66. The molecule has 1 aromatic carbocycles. The minimum Gasteiger partial charge on any atom is -0.504 e. The zero-order valence-electron chi connectivity index (χ0n) is 6.92. The van der Waals surface area contributed by atoms with Crippen LogP contribution in [0.15, 0.2) is 18.2 Å². The number of hydrogen-bond acceptors (Lipinski definition) is 3. The van der Waals surface area contributed by atoms with Crippen LogP contribution in [0.5, 0.6) is 11.5 Å². The van der Waals surface area contributed by atoms with Gasteiger partial charge in [-0.05, 0) is 17.7 Å². The molecule has 0 bridgehead atoms. The highest BCUT2D eigenvalue weighted by Crippen LogP contribution is 2.34. The Labute approximate surface area is 77.6 Å². The molecule has 1 aromatic rings. The van der Waals surface area contributed by atoms with Gasteiger partial charge in [-0.15, -0.1) is 0 Å². The van der Waals surface area contributed by atoms with Gasteiger partial charge in [-0.2, -0.15) is 13.2 Å². The fraction of sp³-hybridized carbons (Fsp3) is 0.250. The molecule has 1 atom stereocenters. The third-order valence-electron chi connectivity index (χ3n) is 1.71. The summed E-state index contributed by atoms with van der Waals surface area (Å²) >= 11 is 0. The topological polar surface area (TPSA) is 66.5 Å². The molecule has 0 aliphatic rings. The van der Waals surface area contributed by atoms with Crippen LogP contribution in [0, 0.1) is 0 Å². The molecule has 6 heteroatoms. The first-order chi connectivity index (χ1) is 6.32. The van der Waals surface area contributed by atoms with Crippen molar-refractivity contribution in [1.82, 2.24) is 0 Å². The van der Waals surface area contributed by atoms with Crippen molar-refractivity contribution < 1.29 is 23.4 Å². The van der Waals surface area contributed by atoms with Crippen LogP contribution in [0.4, 0.5) is 13.2 Å². The van der Waals surface area contributed by atoms with Gasteiger partial charge in [0.25, 0.3) is 0 Å². The molecular formula is C8H8F3NO2. The van der Waals surface area contributed by atoms with E-state index in [0.29, 0.717) is 0 Å². The molecule has 78 valence electrons. The second-order valence-corrected chi connectivity index (χ2v) is 2.77. The maximum atomic E-state index is 12.1. The van der Waals surface area contributed by atoms with Gasteiger partial charge in [-0.25, -0.2) is 0 Å². The lowest BCUT2D eigenvalue weighted by Gasteiger charge is -2.15. The molecule has 4 N–H and O–H groups in total. The molecule has 0 radical (unpaired) electrons. The molecule has 0 aliphatic carbocycles. The van der Waals surface area contributed by atoms with E-state index in [1.165, 1.54) is 0 Å². The molecule has 0 fully saturated rings. The lowest BCUT2D eigenvalue weighted by molar-refractivity contribution is -0.149. The summed E-state index contributed by atoms with van der Waals surface area (Å²) in [7, 11) is 0. The maximum Gasteiger partial charge on any atom is 0.407 e. The molecule has 0 aliphatic heterocycles. The van der Waals surface area contributed by atoms with Crippen LogP contribution in [0.25, 0.3) is 0 Å². The summed E-state index contributed by atoms with van der Waals surface area (Å²) in [5, 5.41) is 17.8. The van der Waals surface area contributed by atoms with Gasteiger partial charge >= 0.3 is 6.18 Å². The largest absolute Gasteiger partial charge is 0.504 e. The van der Waals surface area contributed by atoms with Crippen LogP contribution < -0.4 is 5.73 Å². The Bertz CT molecular complexity index is 338. The number of phenolic OH excluding ortho intramolecular Hbond substituents is 2. The molecular weight excluding hydrogens is 199 g/mol. The van der Waals surface area contributed by atoms with Crippen molar-refractivity contribution in [2.24, 2.45) is 5.73 Å². The Morgan fingerprint density at radius 2 is 1.71 bits per heavy atom. The number of rotatable bonds is 1. The van der Waals surface area contributed by atoms with E-state index in [-0.39, 0.29) is 5.56 Å². The minimum absolute atomic E-state index is 0.298. The number of benzene rings is 1. The average molecular weight is 207 g/mol. The highest BCUT2D eigenvalue weighted by molar-refractivity contribution is 5.41. The number of nitrogens with two attached hydrogens (primary N) is 1. The quantitative estimate of drug-likeness (QED) is 0.613. The van der Waals surface area contributed by atoms with E-state index in [1.54, 1.807) is 0 Å². The van der Waals surface area contributed by atoms with Crippen molar-refractivity contribution in [2.75, 3.05) is 0 Å². The fourth-order valence-corrected chi connectivity index (χ4v) is 0.923. The third kappa shape index (κ3) is 2.08. The van der Waals surface area contributed by atoms with Gasteiger partial charge in [0.05, 0.1) is 0 Å². The average Bonchev–Trinajstić information content (AvgIpc) is 2.07. The highest BCUT2D eigenvalue weighted by atomic mass is 19.4. The molecule has 1 rings (SSSR count). The van der Waals surface area contributed by atoms with Crippen LogP contribution >= 0.6 is 0 Å². The van der Waals surface area contributed by atoms with Gasteiger partial charge in [-0.1, -0.05) is 6.07 Å². The van der Waals surface area contributed by atoms with Gasteiger partial charge in [-0.3, -0.25) is 0 Å². The van der Waals surface area contributed by atoms with E-state index in [9.17, 15) is 13.2 Å². The van der Waals surface area contributed by atoms with Crippen molar-refractivity contribution in [3.8, 4) is 11.5 Å². The normalized spacial score (nSPS) is 14.0. The Hall–Kier alpha value is -1.43. The summed E-state index contributed by atoms with van der Waals surface area (Å²) in [6, 6.07) is 0.589. The number of alkyl halides is 3. The Kier molecular flexibility index (Phi) is 2.57. The van der Waals surface area contributed by atoms with Crippen LogP contribution in [0.2, 0.25) is 0 Å². The number of aromatic hydroxyl groups is 2. The van der Waals surface area contributed by atoms with Gasteiger partial charge < -0.3 is 15.9 Å². The van der Waals surface area contributed by atoms with E-state index >= 15 is 0 Å². The van der Waals surface area contributed by atoms with Crippen LogP contribution in [0.3, 0.4) is 0 Å². The van der Waals surface area contributed by atoms with E-state index in [0.717, 1.165) is 18.2 Å². The summed E-state index contributed by atoms with van der Waals surface area (Å²) in [6.45, 7) is 0. The molecule has 0 unspecified atom stereocenters. The second kappa shape index (κ2) is 3.38. The zero-order chi connectivity index (χ0) is 10.9. The van der Waals surface area contributed by atoms with Crippen molar-refractivity contribution >= 4 is 0 Å². The predicted molar refractivity (Wildman–Crippen MR) is 42.8 cm³/mol. The molecule has 0 heterocycles. The summed E-state index contributed by atoms with van der Waals surface area (Å²) in [5.41, 5.74) is 4.57. The first-order valence-corrected chi connectivity index (χ1v) is 3.66. The molecule has 14 heavy (non-hydrogen) atoms. The minimum atomic E-state index is -4.57. The third-order valence-corrected chi connectivity index (χ3v) is 1.71. The number of hydrogen-bond donors (Lipinski definition) is 3. The standard InChI is InChI=1S/C8H8F3NO2/c9-8(10,11)7(12)4-1-2-5(13)6(14)3-4/h1-3,7,13-14H,12H2/t7-/m0/s1. The van der Waals surface area contributed by atoms with Crippen molar-refractivity contribution in [3.63, 3.8) is 0 Å².